The molecule has 0 spiro atoms. The fourth-order valence-corrected chi connectivity index (χ4v) is 3.92. The van der Waals surface area contributed by atoms with Gasteiger partial charge in [0.1, 0.15) is 6.04 Å². The molecule has 3 amide bonds. The fourth-order valence-electron chi connectivity index (χ4n) is 3.92. The van der Waals surface area contributed by atoms with Gasteiger partial charge in [-0.05, 0) is 18.2 Å². The number of nitrogens with one attached hydrogen (secondary N) is 2. The molecule has 1 aromatic rings. The molecule has 2 atom stereocenters. The van der Waals surface area contributed by atoms with Gasteiger partial charge in [-0.15, -0.1) is 0 Å². The van der Waals surface area contributed by atoms with Crippen molar-refractivity contribution in [2.24, 2.45) is 0 Å². The zero-order valence-electron chi connectivity index (χ0n) is 14.3. The van der Waals surface area contributed by atoms with E-state index in [2.05, 4.69) is 17.4 Å². The number of carbonyl (C=O) groups excluding carboxylic acids is 2. The highest BCUT2D eigenvalue weighted by atomic mass is 16.5. The van der Waals surface area contributed by atoms with Crippen molar-refractivity contribution in [3.05, 3.63) is 23.8 Å². The summed E-state index contributed by atoms with van der Waals surface area (Å²) in [6.45, 7) is 3.66. The zero-order chi connectivity index (χ0) is 17.2. The van der Waals surface area contributed by atoms with E-state index < -0.39 is 0 Å². The summed E-state index contributed by atoms with van der Waals surface area (Å²) in [5.74, 6) is 1.50. The van der Waals surface area contributed by atoms with Gasteiger partial charge < -0.3 is 19.7 Å². The van der Waals surface area contributed by atoms with Crippen molar-refractivity contribution in [2.75, 3.05) is 39.4 Å². The molecule has 7 nitrogen and oxygen atoms in total. The first-order chi connectivity index (χ1) is 12.2. The van der Waals surface area contributed by atoms with Crippen molar-refractivity contribution in [3.63, 3.8) is 0 Å². The van der Waals surface area contributed by atoms with Crippen LogP contribution in [0.25, 0.3) is 0 Å². The van der Waals surface area contributed by atoms with Crippen molar-refractivity contribution >= 4 is 11.9 Å². The van der Waals surface area contributed by atoms with Crippen molar-refractivity contribution < 1.29 is 24.0 Å². The molecule has 134 valence electrons. The second-order valence-electron chi connectivity index (χ2n) is 6.81. The zero-order valence-corrected chi connectivity index (χ0v) is 14.3. The minimum absolute atomic E-state index is 0.0914. The highest BCUT2D eigenvalue weighted by Crippen LogP contribution is 2.33. The number of hydrogen-bond donors (Lipinski definition) is 2. The molecule has 7 heteroatoms. The van der Waals surface area contributed by atoms with Crippen LogP contribution >= 0.6 is 0 Å². The molecule has 3 aliphatic heterocycles. The van der Waals surface area contributed by atoms with E-state index in [1.165, 1.54) is 15.4 Å². The second kappa shape index (κ2) is 6.92. The smallest absolute Gasteiger partial charge is 0.324 e. The second-order valence-corrected chi connectivity index (χ2v) is 6.81. The largest absolute Gasteiger partial charge is 0.490 e. The molecule has 4 rings (SSSR count). The van der Waals surface area contributed by atoms with E-state index in [0.29, 0.717) is 32.8 Å². The minimum atomic E-state index is -0.268. The van der Waals surface area contributed by atoms with Crippen LogP contribution in [0.4, 0.5) is 4.79 Å². The highest BCUT2D eigenvalue weighted by Gasteiger charge is 2.35. The highest BCUT2D eigenvalue weighted by molar-refractivity contribution is 5.96. The van der Waals surface area contributed by atoms with E-state index in [1.807, 2.05) is 6.07 Å². The van der Waals surface area contributed by atoms with E-state index in [4.69, 9.17) is 9.47 Å². The summed E-state index contributed by atoms with van der Waals surface area (Å²) in [6, 6.07) is 6.10. The average Bonchev–Trinajstić information content (AvgIpc) is 3.17. The van der Waals surface area contributed by atoms with E-state index in [9.17, 15) is 9.59 Å². The maximum atomic E-state index is 12.5. The van der Waals surface area contributed by atoms with Crippen LogP contribution in [0, 0.1) is 0 Å². The lowest BCUT2D eigenvalue weighted by Gasteiger charge is -2.23. The molecule has 0 bridgehead atoms. The molecular formula is C18H24N3O4+. The third kappa shape index (κ3) is 3.28. The van der Waals surface area contributed by atoms with E-state index in [-0.39, 0.29) is 18.0 Å². The van der Waals surface area contributed by atoms with Gasteiger partial charge in [-0.3, -0.25) is 9.69 Å². The number of fused-ring (bicyclic) bond motifs is 1. The number of rotatable bonds is 3. The Hall–Kier alpha value is -2.28. The van der Waals surface area contributed by atoms with Gasteiger partial charge in [-0.1, -0.05) is 0 Å². The maximum Gasteiger partial charge on any atom is 0.324 e. The van der Waals surface area contributed by atoms with Gasteiger partial charge in [0.15, 0.2) is 18.0 Å². The number of likely N-dealkylation sites (tertiary alicyclic amines) is 1. The first-order valence-electron chi connectivity index (χ1n) is 9.05. The summed E-state index contributed by atoms with van der Waals surface area (Å²) in [4.78, 5) is 26.7. The predicted molar refractivity (Wildman–Crippen MR) is 89.8 cm³/mol. The van der Waals surface area contributed by atoms with E-state index in [0.717, 1.165) is 37.3 Å². The van der Waals surface area contributed by atoms with Crippen molar-refractivity contribution in [1.82, 2.24) is 10.2 Å². The molecule has 25 heavy (non-hydrogen) atoms. The van der Waals surface area contributed by atoms with Gasteiger partial charge in [0.25, 0.3) is 5.91 Å². The lowest BCUT2D eigenvalue weighted by molar-refractivity contribution is -0.910. The van der Waals surface area contributed by atoms with Gasteiger partial charge in [0.2, 0.25) is 0 Å². The Balaban J connectivity index is 1.48. The number of ether oxygens (including phenoxy) is 2. The Kier molecular flexibility index (Phi) is 4.48. The first-order valence-corrected chi connectivity index (χ1v) is 9.05. The lowest BCUT2D eigenvalue weighted by Crippen LogP contribution is -3.11. The molecule has 3 aliphatic rings. The van der Waals surface area contributed by atoms with Crippen molar-refractivity contribution in [1.29, 1.82) is 0 Å². The Labute approximate surface area is 146 Å². The van der Waals surface area contributed by atoms with Crippen LogP contribution in [-0.4, -0.2) is 56.2 Å². The third-order valence-corrected chi connectivity index (χ3v) is 5.19. The van der Waals surface area contributed by atoms with Crippen LogP contribution < -0.4 is 19.7 Å². The van der Waals surface area contributed by atoms with Gasteiger partial charge >= 0.3 is 6.03 Å². The van der Waals surface area contributed by atoms with Crippen LogP contribution in [0.15, 0.2) is 18.2 Å². The normalized spacial score (nSPS) is 25.6. The summed E-state index contributed by atoms with van der Waals surface area (Å²) in [5.41, 5.74) is 1.18. The Bertz CT molecular complexity index is 678. The lowest BCUT2D eigenvalue weighted by atomic mass is 10.0. The number of urea groups is 1. The quantitative estimate of drug-likeness (QED) is 0.816. The molecule has 1 aromatic carbocycles. The monoisotopic (exact) mass is 346 g/mol. The summed E-state index contributed by atoms with van der Waals surface area (Å²) < 4.78 is 11.5. The maximum absolute atomic E-state index is 12.5. The van der Waals surface area contributed by atoms with Crippen LogP contribution in [0.5, 0.6) is 11.5 Å². The van der Waals surface area contributed by atoms with Crippen LogP contribution in [0.2, 0.25) is 0 Å². The number of quaternary nitrogens is 1. The number of hydrogen-bond acceptors (Lipinski definition) is 4. The number of amides is 3. The molecule has 3 heterocycles. The third-order valence-electron chi connectivity index (χ3n) is 5.19. The molecule has 1 unspecified atom stereocenters. The molecule has 2 N–H and O–H groups in total. The standard InChI is InChI=1S/C18H23N3O4/c22-17(21-8-6-19-18(21)23)12-20-7-1-3-14(20)13-4-5-15-16(11-13)25-10-2-9-24-15/h4-5,11,14H,1-3,6-10,12H2,(H,19,23)/p+1/t14-/m1/s1. The first kappa shape index (κ1) is 16.2. The number of carbonyl (C=O) groups is 2. The van der Waals surface area contributed by atoms with E-state index in [1.54, 1.807) is 0 Å². The van der Waals surface area contributed by atoms with Gasteiger partial charge in [0.05, 0.1) is 19.8 Å². The summed E-state index contributed by atoms with van der Waals surface area (Å²) in [6.07, 6.45) is 3.00. The minimum Gasteiger partial charge on any atom is -0.490 e. The van der Waals surface area contributed by atoms with Crippen LogP contribution in [0.3, 0.4) is 0 Å². The van der Waals surface area contributed by atoms with Crippen LogP contribution in [-0.2, 0) is 4.79 Å². The average molecular weight is 346 g/mol. The predicted octanol–water partition coefficient (Wildman–Crippen LogP) is 0.120. The summed E-state index contributed by atoms with van der Waals surface area (Å²) >= 11 is 0. The summed E-state index contributed by atoms with van der Waals surface area (Å²) in [7, 11) is 0. The van der Waals surface area contributed by atoms with E-state index >= 15 is 0 Å². The Morgan fingerprint density at radius 1 is 1.24 bits per heavy atom. The fraction of sp³-hybridized carbons (Fsp3) is 0.556. The Morgan fingerprint density at radius 3 is 2.88 bits per heavy atom. The summed E-state index contributed by atoms with van der Waals surface area (Å²) in [5, 5.41) is 2.68. The van der Waals surface area contributed by atoms with Crippen molar-refractivity contribution in [3.8, 4) is 11.5 Å². The van der Waals surface area contributed by atoms with Crippen molar-refractivity contribution in [2.45, 2.75) is 25.3 Å². The topological polar surface area (TPSA) is 72.3 Å². The molecule has 0 radical (unpaired) electrons. The van der Waals surface area contributed by atoms with Gasteiger partial charge in [-0.25, -0.2) is 4.79 Å². The number of nitrogens with zero attached hydrogens (tertiary/aromatic N) is 1. The molecule has 0 saturated carbocycles. The SMILES string of the molecule is O=C(C[NH+]1CCC[C@@H]1c1ccc2c(c1)OCCCO2)N1CCNC1=O. The molecule has 0 aromatic heterocycles. The van der Waals surface area contributed by atoms with Gasteiger partial charge in [-0.2, -0.15) is 0 Å². The van der Waals surface area contributed by atoms with Gasteiger partial charge in [0, 0.05) is 37.9 Å². The van der Waals surface area contributed by atoms with Crippen LogP contribution in [0.1, 0.15) is 30.9 Å². The molecular weight excluding hydrogens is 322 g/mol. The number of imide groups is 1. The molecule has 2 saturated heterocycles. The Morgan fingerprint density at radius 2 is 2.08 bits per heavy atom. The number of benzene rings is 1. The molecule has 0 aliphatic carbocycles. The molecule has 2 fully saturated rings.